The Kier molecular flexibility index (Phi) is 7.96. The van der Waals surface area contributed by atoms with Crippen LogP contribution in [0.5, 0.6) is 0 Å². The maximum Gasteiger partial charge on any atom is 0.263 e. The van der Waals surface area contributed by atoms with Gasteiger partial charge >= 0.3 is 0 Å². The van der Waals surface area contributed by atoms with Crippen LogP contribution in [0.25, 0.3) is 10.9 Å². The number of rotatable bonds is 8. The van der Waals surface area contributed by atoms with Crippen LogP contribution < -0.4 is 5.32 Å². The number of benzene rings is 1. The molecule has 3 heterocycles. The Labute approximate surface area is 253 Å². The van der Waals surface area contributed by atoms with Crippen LogP contribution in [0.1, 0.15) is 67.6 Å². The number of pyridine rings is 2. The zero-order valence-electron chi connectivity index (χ0n) is 23.2. The molecule has 0 spiro atoms. The van der Waals surface area contributed by atoms with Crippen molar-refractivity contribution in [3.8, 4) is 6.07 Å². The van der Waals surface area contributed by atoms with Gasteiger partial charge in [-0.05, 0) is 70.8 Å². The number of hydrogen-bond acceptors (Lipinski definition) is 6. The minimum absolute atomic E-state index is 0.0666. The second-order valence-electron chi connectivity index (χ2n) is 11.8. The molecular weight excluding hydrogens is 638 g/mol. The minimum atomic E-state index is -2.82. The first-order valence-electron chi connectivity index (χ1n) is 13.2. The summed E-state index contributed by atoms with van der Waals surface area (Å²) in [6.45, 7) is 8.27. The van der Waals surface area contributed by atoms with Gasteiger partial charge in [-0.1, -0.05) is 43.7 Å². The highest BCUT2D eigenvalue weighted by Crippen LogP contribution is 2.49. The van der Waals surface area contributed by atoms with Gasteiger partial charge in [0.2, 0.25) is 11.9 Å². The standard InChI is InChI=1S/C29H27BrClF4N7/c1-14-17(5-6-20(32)39-14)18(24-26(33)42(41-40-24)29(7-8-29)27(34)35)9-15-10-19(31)25-21(22(15)30)23(16(11-36)12-37-25)38-13-28(2,3)4/h5-6,10,12,18,27H,7-9,13H2,1-4H3,(H,37,38)/t18-/m0/s1. The number of aromatic nitrogens is 5. The Hall–Kier alpha value is -3.30. The maximum absolute atomic E-state index is 15.9. The smallest absolute Gasteiger partial charge is 0.263 e. The molecule has 0 unspecified atom stereocenters. The summed E-state index contributed by atoms with van der Waals surface area (Å²) in [5.41, 5.74) is 0.613. The quantitative estimate of drug-likeness (QED) is 0.153. The van der Waals surface area contributed by atoms with Crippen LogP contribution in [-0.2, 0) is 12.0 Å². The van der Waals surface area contributed by atoms with Gasteiger partial charge in [0.15, 0.2) is 0 Å². The van der Waals surface area contributed by atoms with Gasteiger partial charge in [-0.2, -0.15) is 14.0 Å². The third-order valence-corrected chi connectivity index (χ3v) is 8.67. The van der Waals surface area contributed by atoms with Gasteiger partial charge < -0.3 is 5.32 Å². The molecular formula is C29H27BrClF4N7. The van der Waals surface area contributed by atoms with Crippen LogP contribution in [-0.4, -0.2) is 37.9 Å². The van der Waals surface area contributed by atoms with E-state index in [9.17, 15) is 18.4 Å². The summed E-state index contributed by atoms with van der Waals surface area (Å²) in [4.78, 5) is 8.32. The molecule has 1 N–H and O–H groups in total. The van der Waals surface area contributed by atoms with Crippen molar-refractivity contribution >= 4 is 44.1 Å². The normalized spacial score (nSPS) is 15.2. The summed E-state index contributed by atoms with van der Waals surface area (Å²) in [7, 11) is 0. The molecule has 0 bridgehead atoms. The van der Waals surface area contributed by atoms with Crippen LogP contribution in [0.15, 0.2) is 28.9 Å². The van der Waals surface area contributed by atoms with E-state index >= 15 is 4.39 Å². The summed E-state index contributed by atoms with van der Waals surface area (Å²) < 4.78 is 58.8. The molecule has 0 amide bonds. The molecule has 42 heavy (non-hydrogen) atoms. The fraction of sp³-hybridized carbons (Fsp3) is 0.414. The van der Waals surface area contributed by atoms with E-state index in [2.05, 4.69) is 47.6 Å². The van der Waals surface area contributed by atoms with Crippen LogP contribution in [0.2, 0.25) is 5.02 Å². The molecule has 13 heteroatoms. The highest BCUT2D eigenvalue weighted by atomic mass is 79.9. The number of fused-ring (bicyclic) bond motifs is 1. The van der Waals surface area contributed by atoms with Gasteiger partial charge in [0.05, 0.1) is 21.8 Å². The third kappa shape index (κ3) is 5.44. The number of anilines is 1. The molecule has 1 aliphatic rings. The fourth-order valence-corrected chi connectivity index (χ4v) is 5.97. The van der Waals surface area contributed by atoms with Crippen LogP contribution in [0.4, 0.5) is 23.2 Å². The molecule has 3 aromatic heterocycles. The lowest BCUT2D eigenvalue weighted by molar-refractivity contribution is 0.0524. The van der Waals surface area contributed by atoms with E-state index in [1.165, 1.54) is 12.3 Å². The molecule has 1 atom stereocenters. The second kappa shape index (κ2) is 11.1. The topological polar surface area (TPSA) is 92.3 Å². The number of nitrogens with zero attached hydrogens (tertiary/aromatic N) is 6. The van der Waals surface area contributed by atoms with Gasteiger partial charge in [-0.3, -0.25) is 4.98 Å². The van der Waals surface area contributed by atoms with Crippen molar-refractivity contribution in [2.75, 3.05) is 11.9 Å². The third-order valence-electron chi connectivity index (χ3n) is 7.48. The predicted molar refractivity (Wildman–Crippen MR) is 155 cm³/mol. The van der Waals surface area contributed by atoms with Gasteiger partial charge in [-0.15, -0.1) is 5.10 Å². The predicted octanol–water partition coefficient (Wildman–Crippen LogP) is 7.68. The highest BCUT2D eigenvalue weighted by Gasteiger charge is 2.56. The molecule has 7 nitrogen and oxygen atoms in total. The first-order chi connectivity index (χ1) is 19.8. The monoisotopic (exact) mass is 663 g/mol. The van der Waals surface area contributed by atoms with Crippen molar-refractivity contribution in [1.29, 1.82) is 5.26 Å². The fourth-order valence-electron chi connectivity index (χ4n) is 5.04. The number of nitrogens with one attached hydrogen (secondary N) is 1. The maximum atomic E-state index is 15.9. The first kappa shape index (κ1) is 30.2. The zero-order valence-corrected chi connectivity index (χ0v) is 25.6. The van der Waals surface area contributed by atoms with Gasteiger partial charge in [0.1, 0.15) is 17.3 Å². The Balaban J connectivity index is 1.68. The van der Waals surface area contributed by atoms with Crippen LogP contribution in [0, 0.1) is 35.6 Å². The first-order valence-corrected chi connectivity index (χ1v) is 14.4. The SMILES string of the molecule is Cc1nc(F)ccc1[C@H](Cc1cc(Cl)c2ncc(C#N)c(NCC(C)(C)C)c2c1Br)c1nnn(C2(C(F)F)CC2)c1F. The number of halogens is 6. The van der Waals surface area contributed by atoms with Gasteiger partial charge in [0, 0.05) is 34.2 Å². The molecule has 0 radical (unpaired) electrons. The lowest BCUT2D eigenvalue weighted by Crippen LogP contribution is -2.28. The zero-order chi connectivity index (χ0) is 30.6. The summed E-state index contributed by atoms with van der Waals surface area (Å²) in [6.07, 6.45) is -1.14. The number of nitriles is 1. The van der Waals surface area contributed by atoms with Gasteiger partial charge in [0.25, 0.3) is 6.43 Å². The van der Waals surface area contributed by atoms with Crippen molar-refractivity contribution < 1.29 is 17.6 Å². The Morgan fingerprint density at radius 3 is 2.55 bits per heavy atom. The largest absolute Gasteiger partial charge is 0.383 e. The second-order valence-corrected chi connectivity index (χ2v) is 13.0. The highest BCUT2D eigenvalue weighted by molar-refractivity contribution is 9.10. The Bertz CT molecular complexity index is 1720. The molecule has 5 rings (SSSR count). The Morgan fingerprint density at radius 1 is 1.24 bits per heavy atom. The van der Waals surface area contributed by atoms with E-state index < -0.39 is 29.8 Å². The molecule has 1 aromatic carbocycles. The average molecular weight is 665 g/mol. The summed E-state index contributed by atoms with van der Waals surface area (Å²) in [5, 5.41) is 21.9. The van der Waals surface area contributed by atoms with Crippen molar-refractivity contribution in [1.82, 2.24) is 25.0 Å². The average Bonchev–Trinajstić information content (AvgIpc) is 3.64. The van der Waals surface area contributed by atoms with E-state index in [0.717, 1.165) is 6.07 Å². The van der Waals surface area contributed by atoms with E-state index in [1.54, 1.807) is 13.0 Å². The lowest BCUT2D eigenvalue weighted by atomic mass is 9.88. The van der Waals surface area contributed by atoms with Crippen molar-refractivity contribution in [2.24, 2.45) is 5.41 Å². The van der Waals surface area contributed by atoms with E-state index in [4.69, 9.17) is 11.6 Å². The van der Waals surface area contributed by atoms with E-state index in [1.807, 2.05) is 20.8 Å². The van der Waals surface area contributed by atoms with Crippen molar-refractivity contribution in [2.45, 2.75) is 64.8 Å². The summed E-state index contributed by atoms with van der Waals surface area (Å²) in [5.74, 6) is -2.58. The minimum Gasteiger partial charge on any atom is -0.383 e. The Morgan fingerprint density at radius 2 is 1.95 bits per heavy atom. The summed E-state index contributed by atoms with van der Waals surface area (Å²) >= 11 is 10.4. The lowest BCUT2D eigenvalue weighted by Gasteiger charge is -2.23. The van der Waals surface area contributed by atoms with Crippen LogP contribution in [0.3, 0.4) is 0 Å². The van der Waals surface area contributed by atoms with E-state index in [0.29, 0.717) is 49.0 Å². The molecule has 4 aromatic rings. The van der Waals surface area contributed by atoms with E-state index in [-0.39, 0.29) is 41.1 Å². The van der Waals surface area contributed by atoms with Crippen LogP contribution >= 0.6 is 27.5 Å². The molecule has 220 valence electrons. The molecule has 1 aliphatic carbocycles. The number of aryl methyl sites for hydroxylation is 1. The molecule has 1 fully saturated rings. The van der Waals surface area contributed by atoms with Crippen molar-refractivity contribution in [3.63, 3.8) is 0 Å². The molecule has 0 aliphatic heterocycles. The molecule has 1 saturated carbocycles. The number of alkyl halides is 2. The molecule has 0 saturated heterocycles. The summed E-state index contributed by atoms with van der Waals surface area (Å²) in [6, 6.07) is 6.47. The number of hydrogen-bond donors (Lipinski definition) is 1. The van der Waals surface area contributed by atoms with Gasteiger partial charge in [-0.25, -0.2) is 18.4 Å². The van der Waals surface area contributed by atoms with Crippen molar-refractivity contribution in [3.05, 3.63) is 73.9 Å².